The van der Waals surface area contributed by atoms with Gasteiger partial charge < -0.3 is 10.6 Å². The summed E-state index contributed by atoms with van der Waals surface area (Å²) in [4.78, 5) is 9.37. The molecule has 0 saturated carbocycles. The van der Waals surface area contributed by atoms with Gasteiger partial charge in [0.15, 0.2) is 0 Å². The van der Waals surface area contributed by atoms with E-state index in [-0.39, 0.29) is 5.84 Å². The second-order valence-electron chi connectivity index (χ2n) is 5.35. The molecule has 20 heavy (non-hydrogen) atoms. The first-order valence-electron chi connectivity index (χ1n) is 7.37. The Bertz CT molecular complexity index is 481. The fourth-order valence-electron chi connectivity index (χ4n) is 2.97. The number of pyridine rings is 1. The van der Waals surface area contributed by atoms with Crippen molar-refractivity contribution in [1.82, 2.24) is 9.88 Å². The molecule has 1 saturated heterocycles. The smallest absolute Gasteiger partial charge is 0.139 e. The van der Waals surface area contributed by atoms with E-state index in [9.17, 15) is 0 Å². The molecule has 1 atom stereocenters. The maximum absolute atomic E-state index is 7.72. The van der Waals surface area contributed by atoms with Gasteiger partial charge in [0.05, 0.1) is 5.56 Å². The number of amidine groups is 1. The fraction of sp³-hybridized carbons (Fsp3) is 0.600. The number of nitrogens with one attached hydrogen (secondary N) is 1. The van der Waals surface area contributed by atoms with E-state index in [1.807, 2.05) is 19.1 Å². The van der Waals surface area contributed by atoms with Crippen LogP contribution >= 0.6 is 0 Å². The van der Waals surface area contributed by atoms with Crippen molar-refractivity contribution in [3.63, 3.8) is 0 Å². The number of aromatic nitrogens is 1. The normalized spacial score (nSPS) is 18.8. The Morgan fingerprint density at radius 3 is 2.75 bits per heavy atom. The zero-order valence-electron chi connectivity index (χ0n) is 12.7. The summed E-state index contributed by atoms with van der Waals surface area (Å²) in [6.45, 7) is 10.5. The van der Waals surface area contributed by atoms with Gasteiger partial charge in [0, 0.05) is 24.8 Å². The van der Waals surface area contributed by atoms with E-state index in [1.165, 1.54) is 0 Å². The molecule has 0 aliphatic carbocycles. The molecule has 1 aromatic rings. The Morgan fingerprint density at radius 2 is 2.15 bits per heavy atom. The lowest BCUT2D eigenvalue weighted by Gasteiger charge is -2.27. The highest BCUT2D eigenvalue weighted by atomic mass is 15.3. The molecule has 1 aromatic heterocycles. The van der Waals surface area contributed by atoms with Gasteiger partial charge in [0.1, 0.15) is 11.7 Å². The zero-order valence-corrected chi connectivity index (χ0v) is 12.7. The van der Waals surface area contributed by atoms with Crippen LogP contribution in [0, 0.1) is 12.3 Å². The predicted octanol–water partition coefficient (Wildman–Crippen LogP) is 1.59. The summed E-state index contributed by atoms with van der Waals surface area (Å²) >= 11 is 0. The van der Waals surface area contributed by atoms with E-state index in [2.05, 4.69) is 28.6 Å². The molecule has 2 heterocycles. The molecule has 3 N–H and O–H groups in total. The molecule has 1 aliphatic rings. The molecule has 0 aromatic carbocycles. The number of nitrogens with zero attached hydrogens (tertiary/aromatic N) is 3. The summed E-state index contributed by atoms with van der Waals surface area (Å²) in [6.07, 6.45) is 1.15. The first-order valence-corrected chi connectivity index (χ1v) is 7.37. The number of likely N-dealkylation sites (N-methyl/N-ethyl adjacent to an activating group) is 1. The molecule has 1 unspecified atom stereocenters. The van der Waals surface area contributed by atoms with Crippen molar-refractivity contribution in [2.45, 2.75) is 33.2 Å². The Labute approximate surface area is 121 Å². The molecule has 0 spiro atoms. The summed E-state index contributed by atoms with van der Waals surface area (Å²) in [6, 6.07) is 4.40. The van der Waals surface area contributed by atoms with Gasteiger partial charge in [-0.1, -0.05) is 13.8 Å². The van der Waals surface area contributed by atoms with Crippen molar-refractivity contribution in [1.29, 1.82) is 5.41 Å². The SMILES string of the molecule is CCN(CC)C1CCN(c2nc(C)ccc2C(=N)N)C1. The average Bonchev–Trinajstić information content (AvgIpc) is 2.89. The van der Waals surface area contributed by atoms with Crippen molar-refractivity contribution < 1.29 is 0 Å². The monoisotopic (exact) mass is 275 g/mol. The third kappa shape index (κ3) is 2.93. The minimum atomic E-state index is 0.0961. The van der Waals surface area contributed by atoms with E-state index < -0.39 is 0 Å². The summed E-state index contributed by atoms with van der Waals surface area (Å²) in [5, 5.41) is 7.72. The second-order valence-corrected chi connectivity index (χ2v) is 5.35. The molecule has 110 valence electrons. The first kappa shape index (κ1) is 14.8. The lowest BCUT2D eigenvalue weighted by Crippen LogP contribution is -2.37. The Morgan fingerprint density at radius 1 is 1.45 bits per heavy atom. The molecule has 2 rings (SSSR count). The van der Waals surface area contributed by atoms with Gasteiger partial charge in [-0.2, -0.15) is 0 Å². The van der Waals surface area contributed by atoms with E-state index in [4.69, 9.17) is 11.1 Å². The molecular formula is C15H25N5. The van der Waals surface area contributed by atoms with Crippen LogP contribution in [-0.4, -0.2) is 47.9 Å². The number of anilines is 1. The van der Waals surface area contributed by atoms with Gasteiger partial charge in [0.25, 0.3) is 0 Å². The highest BCUT2D eigenvalue weighted by molar-refractivity contribution is 5.99. The number of aryl methyl sites for hydroxylation is 1. The summed E-state index contributed by atoms with van der Waals surface area (Å²) in [5.41, 5.74) is 7.40. The van der Waals surface area contributed by atoms with Crippen LogP contribution in [0.4, 0.5) is 5.82 Å². The van der Waals surface area contributed by atoms with Crippen molar-refractivity contribution in [2.24, 2.45) is 5.73 Å². The van der Waals surface area contributed by atoms with Crippen LogP contribution in [0.25, 0.3) is 0 Å². The van der Waals surface area contributed by atoms with Crippen LogP contribution in [0.5, 0.6) is 0 Å². The highest BCUT2D eigenvalue weighted by Gasteiger charge is 2.28. The van der Waals surface area contributed by atoms with E-state index in [0.29, 0.717) is 6.04 Å². The fourth-order valence-corrected chi connectivity index (χ4v) is 2.97. The predicted molar refractivity (Wildman–Crippen MR) is 83.5 cm³/mol. The quantitative estimate of drug-likeness (QED) is 0.632. The number of nitrogen functional groups attached to an aromatic ring is 1. The molecule has 0 amide bonds. The van der Waals surface area contributed by atoms with Gasteiger partial charge in [0.2, 0.25) is 0 Å². The van der Waals surface area contributed by atoms with Crippen molar-refractivity contribution in [2.75, 3.05) is 31.1 Å². The van der Waals surface area contributed by atoms with Crippen molar-refractivity contribution in [3.8, 4) is 0 Å². The minimum Gasteiger partial charge on any atom is -0.384 e. The maximum atomic E-state index is 7.72. The molecule has 1 aliphatic heterocycles. The number of hydrogen-bond acceptors (Lipinski definition) is 4. The van der Waals surface area contributed by atoms with Crippen LogP contribution in [0.1, 0.15) is 31.5 Å². The Kier molecular flexibility index (Phi) is 4.60. The van der Waals surface area contributed by atoms with Crippen LogP contribution in [-0.2, 0) is 0 Å². The first-order chi connectivity index (χ1) is 9.56. The van der Waals surface area contributed by atoms with Gasteiger partial charge >= 0.3 is 0 Å². The third-order valence-corrected chi connectivity index (χ3v) is 4.10. The summed E-state index contributed by atoms with van der Waals surface area (Å²) in [7, 11) is 0. The van der Waals surface area contributed by atoms with E-state index in [0.717, 1.165) is 49.7 Å². The van der Waals surface area contributed by atoms with Crippen LogP contribution < -0.4 is 10.6 Å². The van der Waals surface area contributed by atoms with Crippen LogP contribution in [0.2, 0.25) is 0 Å². The van der Waals surface area contributed by atoms with Crippen molar-refractivity contribution >= 4 is 11.7 Å². The third-order valence-electron chi connectivity index (χ3n) is 4.10. The van der Waals surface area contributed by atoms with Crippen LogP contribution in [0.15, 0.2) is 12.1 Å². The highest BCUT2D eigenvalue weighted by Crippen LogP contribution is 2.25. The molecule has 1 fully saturated rings. The van der Waals surface area contributed by atoms with Gasteiger partial charge in [-0.05, 0) is 38.6 Å². The Hall–Kier alpha value is -1.62. The topological polar surface area (TPSA) is 69.2 Å². The van der Waals surface area contributed by atoms with E-state index in [1.54, 1.807) is 0 Å². The standard InChI is InChI=1S/C15H25N5/c1-4-19(5-2)12-8-9-20(10-12)15-13(14(16)17)7-6-11(3)18-15/h6-7,12H,4-5,8-10H2,1-3H3,(H3,16,17). The molecule has 0 bridgehead atoms. The number of hydrogen-bond donors (Lipinski definition) is 2. The lowest BCUT2D eigenvalue weighted by molar-refractivity contribution is 0.232. The number of nitrogens with two attached hydrogens (primary N) is 1. The Balaban J connectivity index is 2.21. The zero-order chi connectivity index (χ0) is 14.7. The largest absolute Gasteiger partial charge is 0.384 e. The molecule has 5 nitrogen and oxygen atoms in total. The van der Waals surface area contributed by atoms with Gasteiger partial charge in [-0.15, -0.1) is 0 Å². The summed E-state index contributed by atoms with van der Waals surface area (Å²) in [5.74, 6) is 0.964. The van der Waals surface area contributed by atoms with Gasteiger partial charge in [-0.3, -0.25) is 10.3 Å². The molecular weight excluding hydrogens is 250 g/mol. The number of rotatable bonds is 5. The molecule has 5 heteroatoms. The van der Waals surface area contributed by atoms with Crippen LogP contribution in [0.3, 0.4) is 0 Å². The lowest BCUT2D eigenvalue weighted by atomic mass is 10.2. The van der Waals surface area contributed by atoms with Gasteiger partial charge in [-0.25, -0.2) is 4.98 Å². The second kappa shape index (κ2) is 6.22. The van der Waals surface area contributed by atoms with Crippen molar-refractivity contribution in [3.05, 3.63) is 23.4 Å². The maximum Gasteiger partial charge on any atom is 0.139 e. The molecule has 0 radical (unpaired) electrons. The van der Waals surface area contributed by atoms with E-state index >= 15 is 0 Å². The minimum absolute atomic E-state index is 0.0961. The average molecular weight is 275 g/mol. The summed E-state index contributed by atoms with van der Waals surface area (Å²) < 4.78 is 0.